The molecular weight excluding hydrogens is 438 g/mol. The minimum Gasteiger partial charge on any atom is -0.399 e. The zero-order valence-corrected chi connectivity index (χ0v) is 18.4. The first-order valence-corrected chi connectivity index (χ1v) is 12.0. The van der Waals surface area contributed by atoms with Crippen LogP contribution in [0.3, 0.4) is 0 Å². The van der Waals surface area contributed by atoms with Crippen molar-refractivity contribution in [3.63, 3.8) is 0 Å². The number of hydrogen-bond donors (Lipinski definition) is 1. The molecule has 7 nitrogen and oxygen atoms in total. The van der Waals surface area contributed by atoms with Crippen LogP contribution in [0.1, 0.15) is 12.0 Å². The van der Waals surface area contributed by atoms with E-state index in [4.69, 9.17) is 26.8 Å². The smallest absolute Gasteiger partial charge is 0.187 e. The Kier molecular flexibility index (Phi) is 6.34. The predicted molar refractivity (Wildman–Crippen MR) is 118 cm³/mol. The van der Waals surface area contributed by atoms with Crippen LogP contribution in [0.2, 0.25) is 5.02 Å². The van der Waals surface area contributed by atoms with Crippen LogP contribution in [0.4, 0.5) is 5.69 Å². The van der Waals surface area contributed by atoms with Gasteiger partial charge in [0.15, 0.2) is 15.6 Å². The summed E-state index contributed by atoms with van der Waals surface area (Å²) in [5, 5.41) is 0.679. The lowest BCUT2D eigenvalue weighted by molar-refractivity contribution is -0.180. The largest absolute Gasteiger partial charge is 0.399 e. The number of nitrogens with two attached hydrogens (primary N) is 1. The summed E-state index contributed by atoms with van der Waals surface area (Å²) in [6.07, 6.45) is 5.89. The van der Waals surface area contributed by atoms with Crippen molar-refractivity contribution >= 4 is 27.1 Å². The van der Waals surface area contributed by atoms with Crippen LogP contribution in [-0.2, 0) is 32.3 Å². The maximum atomic E-state index is 12.8. The summed E-state index contributed by atoms with van der Waals surface area (Å²) >= 11 is 5.98. The van der Waals surface area contributed by atoms with Crippen LogP contribution in [0.15, 0.2) is 72.1 Å². The van der Waals surface area contributed by atoms with Gasteiger partial charge in [0, 0.05) is 29.5 Å². The normalized spacial score (nSPS) is 21.4. The fourth-order valence-electron chi connectivity index (χ4n) is 3.65. The second-order valence-corrected chi connectivity index (χ2v) is 10.1. The number of rotatable bonds is 8. The van der Waals surface area contributed by atoms with Gasteiger partial charge in [-0.15, -0.1) is 0 Å². The van der Waals surface area contributed by atoms with Crippen molar-refractivity contribution < 1.29 is 17.9 Å². The maximum Gasteiger partial charge on any atom is 0.187 e. The molecule has 0 bridgehead atoms. The zero-order chi connectivity index (χ0) is 21.9. The lowest BCUT2D eigenvalue weighted by atomic mass is 10.0. The first kappa shape index (κ1) is 21.8. The molecule has 164 valence electrons. The Bertz CT molecular complexity index is 1100. The van der Waals surface area contributed by atoms with Crippen LogP contribution >= 0.6 is 11.6 Å². The molecule has 1 aliphatic rings. The molecule has 2 heterocycles. The lowest BCUT2D eigenvalue weighted by Crippen LogP contribution is -2.37. The minimum atomic E-state index is -3.54. The highest BCUT2D eigenvalue weighted by Gasteiger charge is 2.43. The van der Waals surface area contributed by atoms with E-state index >= 15 is 0 Å². The highest BCUT2D eigenvalue weighted by molar-refractivity contribution is 7.91. The molecule has 0 aliphatic carbocycles. The van der Waals surface area contributed by atoms with E-state index in [1.807, 2.05) is 35.0 Å². The van der Waals surface area contributed by atoms with Gasteiger partial charge in [-0.05, 0) is 48.4 Å². The molecule has 0 spiro atoms. The third-order valence-corrected chi connectivity index (χ3v) is 7.30. The van der Waals surface area contributed by atoms with Crippen LogP contribution in [0.5, 0.6) is 0 Å². The average molecular weight is 462 g/mol. The molecule has 0 amide bonds. The molecule has 1 aliphatic heterocycles. The van der Waals surface area contributed by atoms with E-state index in [0.717, 1.165) is 5.56 Å². The molecule has 4 rings (SSSR count). The molecule has 0 unspecified atom stereocenters. The van der Waals surface area contributed by atoms with Gasteiger partial charge in [-0.3, -0.25) is 0 Å². The summed E-state index contributed by atoms with van der Waals surface area (Å²) < 4.78 is 39.9. The Labute approximate surface area is 186 Å². The average Bonchev–Trinajstić information content (AvgIpc) is 3.38. The van der Waals surface area contributed by atoms with Crippen LogP contribution < -0.4 is 5.73 Å². The second-order valence-electron chi connectivity index (χ2n) is 7.67. The number of benzene rings is 2. The molecule has 0 radical (unpaired) electrons. The third-order valence-electron chi connectivity index (χ3n) is 5.25. The summed E-state index contributed by atoms with van der Waals surface area (Å²) in [6, 6.07) is 13.8. The first-order chi connectivity index (χ1) is 14.8. The number of nitrogen functional groups attached to an aromatic ring is 1. The van der Waals surface area contributed by atoms with Crippen LogP contribution in [-0.4, -0.2) is 42.2 Å². The van der Waals surface area contributed by atoms with E-state index in [1.165, 1.54) is 12.1 Å². The minimum absolute atomic E-state index is 0.163. The number of aromatic nitrogens is 2. The van der Waals surface area contributed by atoms with Crippen molar-refractivity contribution in [3.8, 4) is 0 Å². The molecule has 3 aromatic rings. The van der Waals surface area contributed by atoms with Crippen molar-refractivity contribution in [1.29, 1.82) is 0 Å². The molecule has 2 N–H and O–H groups in total. The van der Waals surface area contributed by atoms with Gasteiger partial charge in [-0.1, -0.05) is 23.7 Å². The number of halogens is 1. The van der Waals surface area contributed by atoms with Gasteiger partial charge in [-0.2, -0.15) is 0 Å². The summed E-state index contributed by atoms with van der Waals surface area (Å²) in [4.78, 5) is 4.30. The van der Waals surface area contributed by atoms with Crippen LogP contribution in [0.25, 0.3) is 0 Å². The van der Waals surface area contributed by atoms with Crippen molar-refractivity contribution in [3.05, 3.63) is 77.8 Å². The molecular formula is C22H24ClN3O4S. The molecule has 0 saturated carbocycles. The van der Waals surface area contributed by atoms with Gasteiger partial charge in [0.2, 0.25) is 0 Å². The summed E-state index contributed by atoms with van der Waals surface area (Å²) in [5.41, 5.74) is 7.28. The van der Waals surface area contributed by atoms with Crippen molar-refractivity contribution in [2.24, 2.45) is 0 Å². The number of sulfone groups is 1. The van der Waals surface area contributed by atoms with Gasteiger partial charge in [0.05, 0.1) is 36.2 Å². The second kappa shape index (κ2) is 9.00. The Morgan fingerprint density at radius 1 is 1.16 bits per heavy atom. The van der Waals surface area contributed by atoms with E-state index < -0.39 is 21.7 Å². The Balaban J connectivity index is 1.48. The summed E-state index contributed by atoms with van der Waals surface area (Å²) in [6.45, 7) is 0.614. The molecule has 1 fully saturated rings. The van der Waals surface area contributed by atoms with Crippen LogP contribution in [0, 0.1) is 0 Å². The summed E-state index contributed by atoms with van der Waals surface area (Å²) in [5.74, 6) is -1.11. The van der Waals surface area contributed by atoms with Gasteiger partial charge in [-0.25, -0.2) is 13.4 Å². The van der Waals surface area contributed by atoms with Gasteiger partial charge in [0.25, 0.3) is 0 Å². The topological polar surface area (TPSA) is 96.4 Å². The quantitative estimate of drug-likeness (QED) is 0.517. The van der Waals surface area contributed by atoms with Crippen molar-refractivity contribution in [2.75, 3.05) is 18.1 Å². The fourth-order valence-corrected chi connectivity index (χ4v) is 5.18. The number of hydrogen-bond acceptors (Lipinski definition) is 6. The van der Waals surface area contributed by atoms with E-state index in [9.17, 15) is 8.42 Å². The Morgan fingerprint density at radius 3 is 2.58 bits per heavy atom. The standard InChI is InChI=1S/C22H24ClN3O4S/c23-18-3-1-17(2-4-18)9-10-22(15-26-12-11-25-16-26)29-13-20(30-22)14-31(27,28)21-7-5-19(24)6-8-21/h1-8,11-12,16,20H,9-10,13-15,24H2/t20-,22+/m1/s1. The van der Waals surface area contributed by atoms with E-state index in [0.29, 0.717) is 30.1 Å². The van der Waals surface area contributed by atoms with Crippen molar-refractivity contribution in [1.82, 2.24) is 9.55 Å². The Morgan fingerprint density at radius 2 is 1.90 bits per heavy atom. The zero-order valence-electron chi connectivity index (χ0n) is 16.9. The monoisotopic (exact) mass is 461 g/mol. The number of imidazole rings is 1. The van der Waals surface area contributed by atoms with E-state index in [2.05, 4.69) is 4.98 Å². The third kappa shape index (κ3) is 5.46. The molecule has 31 heavy (non-hydrogen) atoms. The van der Waals surface area contributed by atoms with E-state index in [-0.39, 0.29) is 17.3 Å². The summed E-state index contributed by atoms with van der Waals surface area (Å²) in [7, 11) is -3.54. The van der Waals surface area contributed by atoms with Gasteiger partial charge >= 0.3 is 0 Å². The van der Waals surface area contributed by atoms with Crippen molar-refractivity contribution in [2.45, 2.75) is 36.2 Å². The number of aryl methyl sites for hydroxylation is 1. The molecule has 2 aromatic carbocycles. The number of anilines is 1. The molecule has 1 aromatic heterocycles. The maximum absolute atomic E-state index is 12.8. The molecule has 2 atom stereocenters. The Hall–Kier alpha value is -2.39. The first-order valence-electron chi connectivity index (χ1n) is 9.94. The highest BCUT2D eigenvalue weighted by Crippen LogP contribution is 2.32. The SMILES string of the molecule is Nc1ccc(S(=O)(=O)C[C@H]2CO[C@](CCc3ccc(Cl)cc3)(Cn3ccnc3)O2)cc1. The predicted octanol–water partition coefficient (Wildman–Crippen LogP) is 3.34. The van der Waals surface area contributed by atoms with E-state index in [1.54, 1.807) is 24.7 Å². The van der Waals surface area contributed by atoms with Gasteiger partial charge < -0.3 is 19.8 Å². The highest BCUT2D eigenvalue weighted by atomic mass is 35.5. The van der Waals surface area contributed by atoms with Gasteiger partial charge in [0.1, 0.15) is 0 Å². The fraction of sp³-hybridized carbons (Fsp3) is 0.318. The lowest BCUT2D eigenvalue weighted by Gasteiger charge is -2.28. The molecule has 9 heteroatoms. The number of nitrogens with zero attached hydrogens (tertiary/aromatic N) is 2. The molecule has 1 saturated heterocycles. The number of ether oxygens (including phenoxy) is 2.